The summed E-state index contributed by atoms with van der Waals surface area (Å²) in [5.41, 5.74) is 0. The molecule has 2 atom stereocenters. The Balaban J connectivity index is 0.00000264. The highest BCUT2D eigenvalue weighted by molar-refractivity contribution is 14.0. The molecule has 23 heavy (non-hydrogen) atoms. The van der Waals surface area contributed by atoms with Crippen LogP contribution in [0.15, 0.2) is 9.52 Å². The van der Waals surface area contributed by atoms with Gasteiger partial charge >= 0.3 is 0 Å². The van der Waals surface area contributed by atoms with Gasteiger partial charge in [-0.2, -0.15) is 4.98 Å². The Morgan fingerprint density at radius 3 is 2.70 bits per heavy atom. The predicted octanol–water partition coefficient (Wildman–Crippen LogP) is 1.78. The maximum absolute atomic E-state index is 5.10. The number of aryl methyl sites for hydroxylation is 1. The molecule has 7 nitrogen and oxygen atoms in total. The van der Waals surface area contributed by atoms with Crippen LogP contribution in [0.3, 0.4) is 0 Å². The van der Waals surface area contributed by atoms with Crippen LogP contribution >= 0.6 is 24.0 Å². The van der Waals surface area contributed by atoms with Gasteiger partial charge in [-0.1, -0.05) is 12.1 Å². The van der Waals surface area contributed by atoms with Crippen molar-refractivity contribution in [2.75, 3.05) is 19.6 Å². The summed E-state index contributed by atoms with van der Waals surface area (Å²) in [6, 6.07) is 0.986. The van der Waals surface area contributed by atoms with E-state index in [1.54, 1.807) is 6.92 Å². The molecule has 0 amide bonds. The van der Waals surface area contributed by atoms with E-state index in [1.165, 1.54) is 0 Å². The van der Waals surface area contributed by atoms with Gasteiger partial charge in [-0.15, -0.1) is 24.0 Å². The molecule has 1 aliphatic rings. The molecule has 132 valence electrons. The topological polar surface area (TPSA) is 78.6 Å². The zero-order valence-electron chi connectivity index (χ0n) is 14.7. The molecule has 0 aliphatic carbocycles. The zero-order valence-corrected chi connectivity index (χ0v) is 17.0. The third kappa shape index (κ3) is 5.91. The summed E-state index contributed by atoms with van der Waals surface area (Å²) in [6.07, 6.45) is 0. The van der Waals surface area contributed by atoms with Crippen molar-refractivity contribution in [3.8, 4) is 0 Å². The SMILES string of the molecule is CCNC(=NCc1nc(C)no1)NC1CN(C(C)C)CC1C.I. The molecule has 1 fully saturated rings. The molecule has 0 bridgehead atoms. The van der Waals surface area contributed by atoms with Gasteiger partial charge in [0, 0.05) is 31.7 Å². The lowest BCUT2D eigenvalue weighted by Crippen LogP contribution is -2.46. The lowest BCUT2D eigenvalue weighted by atomic mass is 10.1. The summed E-state index contributed by atoms with van der Waals surface area (Å²) in [4.78, 5) is 11.2. The lowest BCUT2D eigenvalue weighted by Gasteiger charge is -2.21. The van der Waals surface area contributed by atoms with Crippen LogP contribution in [-0.2, 0) is 6.54 Å². The fraction of sp³-hybridized carbons (Fsp3) is 0.800. The number of halogens is 1. The van der Waals surface area contributed by atoms with E-state index in [-0.39, 0.29) is 24.0 Å². The van der Waals surface area contributed by atoms with Crippen LogP contribution < -0.4 is 10.6 Å². The van der Waals surface area contributed by atoms with Gasteiger partial charge in [0.25, 0.3) is 0 Å². The van der Waals surface area contributed by atoms with Crippen LogP contribution in [0.25, 0.3) is 0 Å². The molecule has 0 radical (unpaired) electrons. The van der Waals surface area contributed by atoms with E-state index in [4.69, 9.17) is 4.52 Å². The molecule has 0 aromatic carbocycles. The third-order valence-electron chi connectivity index (χ3n) is 3.98. The highest BCUT2D eigenvalue weighted by atomic mass is 127. The normalized spacial score (nSPS) is 22.3. The van der Waals surface area contributed by atoms with E-state index in [1.807, 2.05) is 0 Å². The van der Waals surface area contributed by atoms with Crippen molar-refractivity contribution >= 4 is 29.9 Å². The molecule has 1 aromatic rings. The smallest absolute Gasteiger partial charge is 0.248 e. The zero-order chi connectivity index (χ0) is 16.1. The Bertz CT molecular complexity index is 504. The van der Waals surface area contributed by atoms with E-state index in [2.05, 4.69) is 58.4 Å². The first-order valence-electron chi connectivity index (χ1n) is 8.07. The number of hydrogen-bond donors (Lipinski definition) is 2. The summed E-state index contributed by atoms with van der Waals surface area (Å²) < 4.78 is 5.10. The lowest BCUT2D eigenvalue weighted by molar-refractivity contribution is 0.265. The first kappa shape index (κ1) is 20.1. The number of hydrogen-bond acceptors (Lipinski definition) is 5. The van der Waals surface area contributed by atoms with Gasteiger partial charge < -0.3 is 15.2 Å². The molecule has 1 aliphatic heterocycles. The summed E-state index contributed by atoms with van der Waals surface area (Å²) in [5, 5.41) is 10.6. The van der Waals surface area contributed by atoms with Gasteiger partial charge in [-0.05, 0) is 33.6 Å². The first-order valence-corrected chi connectivity index (χ1v) is 8.07. The number of nitrogens with one attached hydrogen (secondary N) is 2. The number of nitrogens with zero attached hydrogens (tertiary/aromatic N) is 4. The standard InChI is InChI=1S/C15H28N6O.HI/c1-6-16-15(17-7-14-18-12(5)20-22-14)19-13-9-21(10(2)3)8-11(13)4;/h10-11,13H,6-9H2,1-5H3,(H2,16,17,19);1H. The van der Waals surface area contributed by atoms with Crippen molar-refractivity contribution < 1.29 is 4.52 Å². The van der Waals surface area contributed by atoms with Crippen molar-refractivity contribution in [3.05, 3.63) is 11.7 Å². The molecular weight excluding hydrogens is 407 g/mol. The Hall–Kier alpha value is -0.900. The Morgan fingerprint density at radius 1 is 1.43 bits per heavy atom. The maximum atomic E-state index is 5.10. The number of aliphatic imine (C=N–C) groups is 1. The fourth-order valence-corrected chi connectivity index (χ4v) is 2.66. The van der Waals surface area contributed by atoms with E-state index in [9.17, 15) is 0 Å². The monoisotopic (exact) mass is 436 g/mol. The quantitative estimate of drug-likeness (QED) is 0.416. The van der Waals surface area contributed by atoms with Gasteiger partial charge in [0.1, 0.15) is 6.54 Å². The molecule has 0 spiro atoms. The van der Waals surface area contributed by atoms with Crippen molar-refractivity contribution in [1.29, 1.82) is 0 Å². The highest BCUT2D eigenvalue weighted by Gasteiger charge is 2.31. The van der Waals surface area contributed by atoms with Gasteiger partial charge in [0.2, 0.25) is 5.89 Å². The van der Waals surface area contributed by atoms with Crippen LogP contribution in [0.2, 0.25) is 0 Å². The van der Waals surface area contributed by atoms with Gasteiger partial charge in [-0.3, -0.25) is 4.90 Å². The second kappa shape index (κ2) is 9.41. The number of rotatable bonds is 5. The minimum Gasteiger partial charge on any atom is -0.357 e. The molecule has 1 aromatic heterocycles. The minimum absolute atomic E-state index is 0. The van der Waals surface area contributed by atoms with Crippen LogP contribution in [-0.4, -0.2) is 52.7 Å². The second-order valence-electron chi connectivity index (χ2n) is 6.21. The number of likely N-dealkylation sites (tertiary alicyclic amines) is 1. The van der Waals surface area contributed by atoms with Crippen molar-refractivity contribution in [2.45, 2.75) is 53.2 Å². The Morgan fingerprint density at radius 2 is 2.17 bits per heavy atom. The molecule has 1 saturated heterocycles. The first-order chi connectivity index (χ1) is 10.5. The van der Waals surface area contributed by atoms with Crippen LogP contribution in [0.4, 0.5) is 0 Å². The third-order valence-corrected chi connectivity index (χ3v) is 3.98. The van der Waals surface area contributed by atoms with Crippen molar-refractivity contribution in [1.82, 2.24) is 25.7 Å². The van der Waals surface area contributed by atoms with Crippen molar-refractivity contribution in [2.24, 2.45) is 10.9 Å². The molecule has 2 N–H and O–H groups in total. The van der Waals surface area contributed by atoms with Gasteiger partial charge in [0.05, 0.1) is 0 Å². The van der Waals surface area contributed by atoms with Gasteiger partial charge in [0.15, 0.2) is 11.8 Å². The summed E-state index contributed by atoms with van der Waals surface area (Å²) in [6.45, 7) is 14.0. The minimum atomic E-state index is 0. The molecule has 2 rings (SSSR count). The number of aromatic nitrogens is 2. The molecule has 2 unspecified atom stereocenters. The van der Waals surface area contributed by atoms with Crippen LogP contribution in [0.5, 0.6) is 0 Å². The largest absolute Gasteiger partial charge is 0.357 e. The van der Waals surface area contributed by atoms with Crippen molar-refractivity contribution in [3.63, 3.8) is 0 Å². The van der Waals surface area contributed by atoms with Crippen LogP contribution in [0.1, 0.15) is 39.4 Å². The summed E-state index contributed by atoms with van der Waals surface area (Å²) in [7, 11) is 0. The number of guanidine groups is 1. The van der Waals surface area contributed by atoms with Crippen LogP contribution in [0, 0.1) is 12.8 Å². The molecule has 8 heteroatoms. The molecule has 2 heterocycles. The van der Waals surface area contributed by atoms with E-state index < -0.39 is 0 Å². The predicted molar refractivity (Wildman–Crippen MR) is 102 cm³/mol. The fourth-order valence-electron chi connectivity index (χ4n) is 2.66. The maximum Gasteiger partial charge on any atom is 0.248 e. The summed E-state index contributed by atoms with van der Waals surface area (Å²) in [5.74, 6) is 2.58. The second-order valence-corrected chi connectivity index (χ2v) is 6.21. The van der Waals surface area contributed by atoms with E-state index in [0.717, 1.165) is 25.6 Å². The molecule has 0 saturated carbocycles. The molecular formula is C15H29IN6O. The average molecular weight is 436 g/mol. The van der Waals surface area contributed by atoms with Gasteiger partial charge in [-0.25, -0.2) is 4.99 Å². The Labute approximate surface area is 155 Å². The summed E-state index contributed by atoms with van der Waals surface area (Å²) >= 11 is 0. The van der Waals surface area contributed by atoms with E-state index in [0.29, 0.717) is 36.3 Å². The Kier molecular flexibility index (Phi) is 8.24. The average Bonchev–Trinajstić information content (AvgIpc) is 3.03. The van der Waals surface area contributed by atoms with E-state index >= 15 is 0 Å². The highest BCUT2D eigenvalue weighted by Crippen LogP contribution is 2.18.